The Morgan fingerprint density at radius 2 is 1.91 bits per heavy atom. The fourth-order valence-corrected chi connectivity index (χ4v) is 2.03. The number of nitrogens with zero attached hydrogens (tertiary/aromatic N) is 3. The van der Waals surface area contributed by atoms with E-state index in [-0.39, 0.29) is 0 Å². The zero-order valence-corrected chi connectivity index (χ0v) is 12.5. The van der Waals surface area contributed by atoms with Gasteiger partial charge in [-0.1, -0.05) is 5.16 Å². The molecule has 0 amide bonds. The summed E-state index contributed by atoms with van der Waals surface area (Å²) in [6.07, 6.45) is 1.71. The highest BCUT2D eigenvalue weighted by atomic mass is 16.5. The Morgan fingerprint density at radius 3 is 2.59 bits per heavy atom. The van der Waals surface area contributed by atoms with Gasteiger partial charge in [-0.05, 0) is 31.2 Å². The molecular weight excluding hydrogens is 282 g/mol. The van der Waals surface area contributed by atoms with Gasteiger partial charge in [0.25, 0.3) is 5.89 Å². The van der Waals surface area contributed by atoms with Gasteiger partial charge in [0.05, 0.1) is 25.3 Å². The quantitative estimate of drug-likeness (QED) is 0.737. The Balaban J connectivity index is 1.98. The minimum Gasteiger partial charge on any atom is -0.497 e. The van der Waals surface area contributed by atoms with Crippen molar-refractivity contribution in [3.63, 3.8) is 0 Å². The number of ether oxygens (including phenoxy) is 2. The molecule has 3 rings (SSSR count). The fraction of sp³-hybridized carbons (Fsp3) is 0.188. The normalized spacial score (nSPS) is 10.5. The molecule has 0 aliphatic heterocycles. The molecule has 0 aliphatic rings. The van der Waals surface area contributed by atoms with Crippen LogP contribution in [0.3, 0.4) is 0 Å². The van der Waals surface area contributed by atoms with Crippen LogP contribution in [0.4, 0.5) is 0 Å². The van der Waals surface area contributed by atoms with E-state index in [4.69, 9.17) is 14.0 Å². The summed E-state index contributed by atoms with van der Waals surface area (Å²) in [6.45, 7) is 1.92. The lowest BCUT2D eigenvalue weighted by molar-refractivity contribution is 0.394. The molecule has 0 fully saturated rings. The average Bonchev–Trinajstić information content (AvgIpc) is 3.04. The first-order valence-electron chi connectivity index (χ1n) is 6.70. The van der Waals surface area contributed by atoms with Crippen LogP contribution in [0.2, 0.25) is 0 Å². The molecular formula is C16H15N3O3. The molecule has 2 heterocycles. The second-order valence-electron chi connectivity index (χ2n) is 4.68. The lowest BCUT2D eigenvalue weighted by Gasteiger charge is -2.07. The van der Waals surface area contributed by atoms with E-state index in [1.54, 1.807) is 26.5 Å². The molecule has 6 nitrogen and oxygen atoms in total. The molecule has 22 heavy (non-hydrogen) atoms. The summed E-state index contributed by atoms with van der Waals surface area (Å²) < 4.78 is 15.9. The lowest BCUT2D eigenvalue weighted by Crippen LogP contribution is -1.91. The van der Waals surface area contributed by atoms with E-state index in [1.807, 2.05) is 31.2 Å². The van der Waals surface area contributed by atoms with Crippen LogP contribution in [0.5, 0.6) is 11.5 Å². The van der Waals surface area contributed by atoms with Crippen molar-refractivity contribution in [1.29, 1.82) is 0 Å². The summed E-state index contributed by atoms with van der Waals surface area (Å²) >= 11 is 0. The van der Waals surface area contributed by atoms with Gasteiger partial charge in [0, 0.05) is 18.0 Å². The zero-order chi connectivity index (χ0) is 15.5. The highest BCUT2D eigenvalue weighted by Gasteiger charge is 2.15. The number of rotatable bonds is 4. The molecule has 0 N–H and O–H groups in total. The van der Waals surface area contributed by atoms with Gasteiger partial charge in [-0.3, -0.25) is 4.98 Å². The average molecular weight is 297 g/mol. The van der Waals surface area contributed by atoms with E-state index in [0.717, 1.165) is 16.8 Å². The minimum atomic E-state index is 0.417. The molecule has 6 heteroatoms. The number of methoxy groups -OCH3 is 2. The van der Waals surface area contributed by atoms with E-state index in [0.29, 0.717) is 23.2 Å². The Kier molecular flexibility index (Phi) is 3.74. The Morgan fingerprint density at radius 1 is 1.05 bits per heavy atom. The van der Waals surface area contributed by atoms with Gasteiger partial charge in [0.15, 0.2) is 0 Å². The third-order valence-corrected chi connectivity index (χ3v) is 3.23. The van der Waals surface area contributed by atoms with Crippen molar-refractivity contribution in [2.75, 3.05) is 14.2 Å². The highest BCUT2D eigenvalue weighted by molar-refractivity contribution is 5.67. The van der Waals surface area contributed by atoms with Crippen LogP contribution in [-0.4, -0.2) is 29.3 Å². The Bertz CT molecular complexity index is 782. The molecule has 112 valence electrons. The van der Waals surface area contributed by atoms with E-state index in [9.17, 15) is 0 Å². The van der Waals surface area contributed by atoms with Crippen LogP contribution in [0, 0.1) is 6.92 Å². The Labute approximate surface area is 127 Å². The number of hydrogen-bond acceptors (Lipinski definition) is 6. The zero-order valence-electron chi connectivity index (χ0n) is 12.5. The first-order chi connectivity index (χ1) is 10.7. The second kappa shape index (κ2) is 5.85. The smallest absolute Gasteiger partial charge is 0.259 e. The summed E-state index contributed by atoms with van der Waals surface area (Å²) in [6, 6.07) is 9.22. The largest absolute Gasteiger partial charge is 0.497 e. The Hall–Kier alpha value is -2.89. The van der Waals surface area contributed by atoms with Crippen LogP contribution in [0.25, 0.3) is 22.8 Å². The highest BCUT2D eigenvalue weighted by Crippen LogP contribution is 2.32. The second-order valence-corrected chi connectivity index (χ2v) is 4.68. The van der Waals surface area contributed by atoms with Crippen molar-refractivity contribution < 1.29 is 14.0 Å². The maximum atomic E-state index is 5.36. The maximum Gasteiger partial charge on any atom is 0.259 e. The third kappa shape index (κ3) is 2.63. The molecule has 0 bridgehead atoms. The molecule has 0 radical (unpaired) electrons. The number of hydrogen-bond donors (Lipinski definition) is 0. The first-order valence-corrected chi connectivity index (χ1v) is 6.70. The number of aryl methyl sites for hydroxylation is 1. The van der Waals surface area contributed by atoms with Crippen molar-refractivity contribution in [3.05, 3.63) is 42.2 Å². The molecule has 0 saturated heterocycles. The number of aromatic nitrogens is 3. The van der Waals surface area contributed by atoms with E-state index < -0.39 is 0 Å². The SMILES string of the molecule is COc1ccc(-c2noc(-c3ccc(C)nc3)n2)c(OC)c1. The van der Waals surface area contributed by atoms with Gasteiger partial charge in [-0.2, -0.15) is 4.98 Å². The third-order valence-electron chi connectivity index (χ3n) is 3.23. The van der Waals surface area contributed by atoms with Crippen molar-refractivity contribution in [2.24, 2.45) is 0 Å². The van der Waals surface area contributed by atoms with Gasteiger partial charge in [-0.25, -0.2) is 0 Å². The molecule has 0 aliphatic carbocycles. The van der Waals surface area contributed by atoms with Crippen molar-refractivity contribution in [1.82, 2.24) is 15.1 Å². The van der Waals surface area contributed by atoms with E-state index >= 15 is 0 Å². The molecule has 0 unspecified atom stereocenters. The molecule has 2 aromatic heterocycles. The standard InChI is InChI=1S/C16H15N3O3/c1-10-4-5-11(9-17-10)16-18-15(19-22-16)13-7-6-12(20-2)8-14(13)21-3/h4-9H,1-3H3. The molecule has 3 aromatic rings. The predicted molar refractivity (Wildman–Crippen MR) is 80.8 cm³/mol. The van der Waals surface area contributed by atoms with Crippen molar-refractivity contribution in [3.8, 4) is 34.3 Å². The summed E-state index contributed by atoms with van der Waals surface area (Å²) in [4.78, 5) is 8.63. The summed E-state index contributed by atoms with van der Waals surface area (Å²) in [5.74, 6) is 2.19. The van der Waals surface area contributed by atoms with Crippen LogP contribution in [-0.2, 0) is 0 Å². The van der Waals surface area contributed by atoms with Gasteiger partial charge in [0.1, 0.15) is 11.5 Å². The van der Waals surface area contributed by atoms with Crippen LogP contribution < -0.4 is 9.47 Å². The van der Waals surface area contributed by atoms with Gasteiger partial charge < -0.3 is 14.0 Å². The van der Waals surface area contributed by atoms with Gasteiger partial charge >= 0.3 is 0 Å². The summed E-state index contributed by atoms with van der Waals surface area (Å²) in [5.41, 5.74) is 2.44. The summed E-state index contributed by atoms with van der Waals surface area (Å²) in [7, 11) is 3.19. The maximum absolute atomic E-state index is 5.36. The molecule has 0 saturated carbocycles. The van der Waals surface area contributed by atoms with Crippen LogP contribution in [0.15, 0.2) is 41.1 Å². The van der Waals surface area contributed by atoms with E-state index in [2.05, 4.69) is 15.1 Å². The molecule has 1 aromatic carbocycles. The fourth-order valence-electron chi connectivity index (χ4n) is 2.03. The first kappa shape index (κ1) is 14.1. The van der Waals surface area contributed by atoms with Crippen molar-refractivity contribution >= 4 is 0 Å². The monoisotopic (exact) mass is 297 g/mol. The van der Waals surface area contributed by atoms with Crippen molar-refractivity contribution in [2.45, 2.75) is 6.92 Å². The lowest BCUT2D eigenvalue weighted by atomic mass is 10.2. The topological polar surface area (TPSA) is 70.3 Å². The summed E-state index contributed by atoms with van der Waals surface area (Å²) in [5, 5.41) is 4.01. The number of benzene rings is 1. The predicted octanol–water partition coefficient (Wildman–Crippen LogP) is 3.12. The van der Waals surface area contributed by atoms with Gasteiger partial charge in [-0.15, -0.1) is 0 Å². The minimum absolute atomic E-state index is 0.417. The van der Waals surface area contributed by atoms with Crippen LogP contribution >= 0.6 is 0 Å². The molecule has 0 atom stereocenters. The van der Waals surface area contributed by atoms with Gasteiger partial charge in [0.2, 0.25) is 5.82 Å². The molecule has 0 spiro atoms. The number of pyridine rings is 1. The van der Waals surface area contributed by atoms with Crippen LogP contribution in [0.1, 0.15) is 5.69 Å². The van der Waals surface area contributed by atoms with E-state index in [1.165, 1.54) is 0 Å².